The first-order valence-corrected chi connectivity index (χ1v) is 9.73. The minimum atomic E-state index is -0.430. The number of nitrogens with zero attached hydrogens (tertiary/aromatic N) is 1. The van der Waals surface area contributed by atoms with Crippen LogP contribution in [0.2, 0.25) is 5.02 Å². The quantitative estimate of drug-likeness (QED) is 0.589. The second kappa shape index (κ2) is 8.05. The molecule has 0 spiro atoms. The van der Waals surface area contributed by atoms with Crippen molar-refractivity contribution in [1.29, 1.82) is 0 Å². The normalized spacial score (nSPS) is 13.8. The van der Waals surface area contributed by atoms with Crippen molar-refractivity contribution in [2.45, 2.75) is 6.92 Å². The molecule has 0 bridgehead atoms. The highest BCUT2D eigenvalue weighted by Crippen LogP contribution is 2.34. The van der Waals surface area contributed by atoms with E-state index in [0.29, 0.717) is 33.3 Å². The number of nitrogens with one attached hydrogen (secondary N) is 1. The van der Waals surface area contributed by atoms with Gasteiger partial charge in [-0.25, -0.2) is 4.90 Å². The lowest BCUT2D eigenvalue weighted by Gasteiger charge is -2.16. The standard InChI is InChI=1S/C24H19ClN2O3/c1-15-8-9-17(14-20(15)25)26-22-21(16-6-4-3-5-7-16)23(28)27(24(22)29)18-10-12-19(30-2)13-11-18/h3-14,26H,1-2H3. The number of carbonyl (C=O) groups excluding carboxylic acids is 2. The fourth-order valence-corrected chi connectivity index (χ4v) is 3.48. The summed E-state index contributed by atoms with van der Waals surface area (Å²) in [5.41, 5.74) is 3.21. The second-order valence-electron chi connectivity index (χ2n) is 6.85. The molecule has 150 valence electrons. The van der Waals surface area contributed by atoms with E-state index < -0.39 is 11.8 Å². The van der Waals surface area contributed by atoms with Gasteiger partial charge in [-0.1, -0.05) is 48.0 Å². The summed E-state index contributed by atoms with van der Waals surface area (Å²) in [6, 6.07) is 21.3. The van der Waals surface area contributed by atoms with E-state index in [4.69, 9.17) is 16.3 Å². The van der Waals surface area contributed by atoms with Gasteiger partial charge in [-0.3, -0.25) is 9.59 Å². The van der Waals surface area contributed by atoms with E-state index in [0.717, 1.165) is 5.56 Å². The van der Waals surface area contributed by atoms with Gasteiger partial charge in [0.2, 0.25) is 0 Å². The maximum Gasteiger partial charge on any atom is 0.282 e. The van der Waals surface area contributed by atoms with Crippen molar-refractivity contribution in [3.8, 4) is 5.75 Å². The van der Waals surface area contributed by atoms with Crippen LogP contribution in [0.1, 0.15) is 11.1 Å². The van der Waals surface area contributed by atoms with Crippen LogP contribution in [-0.4, -0.2) is 18.9 Å². The summed E-state index contributed by atoms with van der Waals surface area (Å²) in [6.07, 6.45) is 0. The summed E-state index contributed by atoms with van der Waals surface area (Å²) in [6.45, 7) is 1.90. The SMILES string of the molecule is COc1ccc(N2C(=O)C(Nc3ccc(C)c(Cl)c3)=C(c3ccccc3)C2=O)cc1. The minimum absolute atomic E-state index is 0.210. The number of hydrogen-bond acceptors (Lipinski definition) is 4. The van der Waals surface area contributed by atoms with Crippen LogP contribution in [0.5, 0.6) is 5.75 Å². The third-order valence-corrected chi connectivity index (χ3v) is 5.33. The van der Waals surface area contributed by atoms with E-state index in [9.17, 15) is 9.59 Å². The fraction of sp³-hybridized carbons (Fsp3) is 0.0833. The van der Waals surface area contributed by atoms with Gasteiger partial charge in [0.05, 0.1) is 18.4 Å². The Balaban J connectivity index is 1.79. The molecule has 0 unspecified atom stereocenters. The third kappa shape index (κ3) is 3.55. The summed E-state index contributed by atoms with van der Waals surface area (Å²) in [5, 5.41) is 3.69. The zero-order chi connectivity index (χ0) is 21.3. The Labute approximate surface area is 179 Å². The number of amides is 2. The molecule has 1 heterocycles. The van der Waals surface area contributed by atoms with Gasteiger partial charge in [0.1, 0.15) is 11.4 Å². The Morgan fingerprint density at radius 2 is 1.60 bits per heavy atom. The summed E-state index contributed by atoms with van der Waals surface area (Å²) in [5.74, 6) is -0.181. The number of imide groups is 1. The lowest BCUT2D eigenvalue weighted by atomic mass is 10.0. The average molecular weight is 419 g/mol. The molecule has 5 nitrogen and oxygen atoms in total. The summed E-state index contributed by atoms with van der Waals surface area (Å²) >= 11 is 6.24. The van der Waals surface area contributed by atoms with E-state index in [2.05, 4.69) is 5.32 Å². The van der Waals surface area contributed by atoms with E-state index in [1.165, 1.54) is 4.90 Å². The molecule has 30 heavy (non-hydrogen) atoms. The highest BCUT2D eigenvalue weighted by molar-refractivity contribution is 6.46. The van der Waals surface area contributed by atoms with Crippen molar-refractivity contribution in [2.24, 2.45) is 0 Å². The minimum Gasteiger partial charge on any atom is -0.497 e. The van der Waals surface area contributed by atoms with Gasteiger partial charge in [-0.2, -0.15) is 0 Å². The smallest absolute Gasteiger partial charge is 0.282 e. The number of halogens is 1. The van der Waals surface area contributed by atoms with Crippen LogP contribution < -0.4 is 15.0 Å². The maximum atomic E-state index is 13.3. The molecule has 0 saturated carbocycles. The monoisotopic (exact) mass is 418 g/mol. The Bertz CT molecular complexity index is 1150. The summed E-state index contributed by atoms with van der Waals surface area (Å²) in [7, 11) is 1.56. The first-order chi connectivity index (χ1) is 14.5. The summed E-state index contributed by atoms with van der Waals surface area (Å²) in [4.78, 5) is 27.8. The molecule has 0 fully saturated rings. The molecular formula is C24H19ClN2O3. The molecule has 0 atom stereocenters. The Morgan fingerprint density at radius 3 is 2.23 bits per heavy atom. The molecule has 0 aliphatic carbocycles. The predicted molar refractivity (Wildman–Crippen MR) is 119 cm³/mol. The first-order valence-electron chi connectivity index (χ1n) is 9.35. The Morgan fingerprint density at radius 1 is 0.900 bits per heavy atom. The second-order valence-corrected chi connectivity index (χ2v) is 7.26. The average Bonchev–Trinajstić information content (AvgIpc) is 3.01. The molecule has 0 radical (unpaired) electrons. The van der Waals surface area contributed by atoms with Crippen LogP contribution in [0.15, 0.2) is 78.5 Å². The van der Waals surface area contributed by atoms with Gasteiger partial charge in [-0.05, 0) is 54.4 Å². The molecule has 3 aromatic carbocycles. The van der Waals surface area contributed by atoms with E-state index >= 15 is 0 Å². The lowest BCUT2D eigenvalue weighted by Crippen LogP contribution is -2.32. The highest BCUT2D eigenvalue weighted by Gasteiger charge is 2.40. The molecular weight excluding hydrogens is 400 g/mol. The molecule has 0 aromatic heterocycles. The van der Waals surface area contributed by atoms with Gasteiger partial charge >= 0.3 is 0 Å². The fourth-order valence-electron chi connectivity index (χ4n) is 3.30. The number of anilines is 2. The molecule has 4 rings (SSSR count). The number of methoxy groups -OCH3 is 1. The van der Waals surface area contributed by atoms with Crippen molar-refractivity contribution in [3.05, 3.63) is 94.6 Å². The maximum absolute atomic E-state index is 13.3. The zero-order valence-corrected chi connectivity index (χ0v) is 17.2. The van der Waals surface area contributed by atoms with Crippen molar-refractivity contribution < 1.29 is 14.3 Å². The predicted octanol–water partition coefficient (Wildman–Crippen LogP) is 5.05. The molecule has 2 amide bonds. The number of carbonyl (C=O) groups is 2. The zero-order valence-electron chi connectivity index (χ0n) is 16.5. The molecule has 1 aliphatic rings. The van der Waals surface area contributed by atoms with Gasteiger partial charge in [0, 0.05) is 10.7 Å². The van der Waals surface area contributed by atoms with E-state index in [1.807, 2.05) is 49.4 Å². The number of ether oxygens (including phenoxy) is 1. The van der Waals surface area contributed by atoms with Crippen LogP contribution in [0.4, 0.5) is 11.4 Å². The number of rotatable bonds is 5. The first kappa shape index (κ1) is 19.7. The van der Waals surface area contributed by atoms with Gasteiger partial charge in [0.15, 0.2) is 0 Å². The third-order valence-electron chi connectivity index (χ3n) is 4.92. The Hall–Kier alpha value is -3.57. The van der Waals surface area contributed by atoms with Crippen molar-refractivity contribution in [2.75, 3.05) is 17.3 Å². The molecule has 1 aliphatic heterocycles. The van der Waals surface area contributed by atoms with Gasteiger partial charge in [-0.15, -0.1) is 0 Å². The van der Waals surface area contributed by atoms with Crippen LogP contribution >= 0.6 is 11.6 Å². The Kier molecular flexibility index (Phi) is 5.29. The number of benzene rings is 3. The van der Waals surface area contributed by atoms with Gasteiger partial charge < -0.3 is 10.1 Å². The topological polar surface area (TPSA) is 58.6 Å². The van der Waals surface area contributed by atoms with Crippen molar-refractivity contribution in [3.63, 3.8) is 0 Å². The van der Waals surface area contributed by atoms with Crippen molar-refractivity contribution in [1.82, 2.24) is 0 Å². The molecule has 6 heteroatoms. The lowest BCUT2D eigenvalue weighted by molar-refractivity contribution is -0.120. The van der Waals surface area contributed by atoms with E-state index in [-0.39, 0.29) is 5.70 Å². The van der Waals surface area contributed by atoms with Crippen molar-refractivity contribution >= 4 is 40.4 Å². The van der Waals surface area contributed by atoms with Crippen LogP contribution in [0.25, 0.3) is 5.57 Å². The molecule has 1 N–H and O–H groups in total. The van der Waals surface area contributed by atoms with Crippen LogP contribution in [-0.2, 0) is 9.59 Å². The number of aryl methyl sites for hydroxylation is 1. The number of hydrogen-bond donors (Lipinski definition) is 1. The highest BCUT2D eigenvalue weighted by atomic mass is 35.5. The molecule has 0 saturated heterocycles. The van der Waals surface area contributed by atoms with Crippen LogP contribution in [0.3, 0.4) is 0 Å². The molecule has 3 aromatic rings. The van der Waals surface area contributed by atoms with E-state index in [1.54, 1.807) is 37.4 Å². The largest absolute Gasteiger partial charge is 0.497 e. The summed E-state index contributed by atoms with van der Waals surface area (Å²) < 4.78 is 5.17. The van der Waals surface area contributed by atoms with Gasteiger partial charge in [0.25, 0.3) is 11.8 Å². The van der Waals surface area contributed by atoms with Crippen LogP contribution in [0, 0.1) is 6.92 Å².